The Morgan fingerprint density at radius 3 is 2.74 bits per heavy atom. The second-order valence-corrected chi connectivity index (χ2v) is 6.24. The molecule has 0 spiro atoms. The first-order valence-electron chi connectivity index (χ1n) is 6.35. The lowest BCUT2D eigenvalue weighted by Crippen LogP contribution is -2.57. The van der Waals surface area contributed by atoms with Crippen LogP contribution in [-0.2, 0) is 24.3 Å². The molecular formula is C11H20N2O5S. The van der Waals surface area contributed by atoms with Crippen LogP contribution in [0.15, 0.2) is 0 Å². The van der Waals surface area contributed by atoms with Crippen LogP contribution in [-0.4, -0.2) is 56.1 Å². The predicted molar refractivity (Wildman–Crippen MR) is 68.8 cm³/mol. The SMILES string of the molecule is CCOC(=O)CCS(=O)(=O)N1CCNC(=O)C1CC. The van der Waals surface area contributed by atoms with Crippen LogP contribution in [0.1, 0.15) is 26.7 Å². The molecule has 7 nitrogen and oxygen atoms in total. The summed E-state index contributed by atoms with van der Waals surface area (Å²) in [5.74, 6) is -1.15. The number of hydrogen-bond acceptors (Lipinski definition) is 5. The molecule has 1 aliphatic heterocycles. The Morgan fingerprint density at radius 1 is 1.47 bits per heavy atom. The maximum atomic E-state index is 12.1. The Labute approximate surface area is 113 Å². The maximum absolute atomic E-state index is 12.1. The summed E-state index contributed by atoms with van der Waals surface area (Å²) in [7, 11) is -3.62. The zero-order valence-corrected chi connectivity index (χ0v) is 12.0. The zero-order chi connectivity index (χ0) is 14.5. The number of nitrogens with zero attached hydrogens (tertiary/aromatic N) is 1. The molecule has 19 heavy (non-hydrogen) atoms. The average Bonchev–Trinajstić information content (AvgIpc) is 2.36. The van der Waals surface area contributed by atoms with Crippen molar-refractivity contribution in [3.05, 3.63) is 0 Å². The van der Waals surface area contributed by atoms with Crippen LogP contribution in [0.2, 0.25) is 0 Å². The second kappa shape index (κ2) is 6.85. The normalized spacial score (nSPS) is 20.9. The third-order valence-electron chi connectivity index (χ3n) is 2.90. The summed E-state index contributed by atoms with van der Waals surface area (Å²) in [5.41, 5.74) is 0. The van der Waals surface area contributed by atoms with Crippen LogP contribution in [0, 0.1) is 0 Å². The van der Waals surface area contributed by atoms with Gasteiger partial charge in [0.15, 0.2) is 0 Å². The van der Waals surface area contributed by atoms with Crippen molar-refractivity contribution in [2.75, 3.05) is 25.4 Å². The highest BCUT2D eigenvalue weighted by molar-refractivity contribution is 7.89. The molecule has 1 aliphatic rings. The lowest BCUT2D eigenvalue weighted by atomic mass is 10.2. The number of carbonyl (C=O) groups is 2. The van der Waals surface area contributed by atoms with Crippen LogP contribution < -0.4 is 5.32 Å². The minimum absolute atomic E-state index is 0.190. The number of amides is 1. The molecule has 1 fully saturated rings. The molecule has 0 aromatic carbocycles. The first kappa shape index (κ1) is 15.9. The van der Waals surface area contributed by atoms with Crippen molar-refractivity contribution >= 4 is 21.9 Å². The van der Waals surface area contributed by atoms with Gasteiger partial charge in [-0.05, 0) is 13.3 Å². The molecule has 8 heteroatoms. The molecule has 1 amide bonds. The molecule has 1 heterocycles. The quantitative estimate of drug-likeness (QED) is 0.665. The Bertz CT molecular complexity index is 434. The highest BCUT2D eigenvalue weighted by Gasteiger charge is 2.36. The molecule has 110 valence electrons. The maximum Gasteiger partial charge on any atom is 0.306 e. The van der Waals surface area contributed by atoms with Crippen LogP contribution in [0.5, 0.6) is 0 Å². The summed E-state index contributed by atoms with van der Waals surface area (Å²) in [5, 5.41) is 2.63. The van der Waals surface area contributed by atoms with Crippen molar-refractivity contribution in [2.45, 2.75) is 32.7 Å². The van der Waals surface area contributed by atoms with E-state index >= 15 is 0 Å². The number of sulfonamides is 1. The van der Waals surface area contributed by atoms with Crippen LogP contribution in [0.25, 0.3) is 0 Å². The number of carbonyl (C=O) groups excluding carboxylic acids is 2. The number of hydrogen-bond donors (Lipinski definition) is 1. The van der Waals surface area contributed by atoms with Gasteiger partial charge in [-0.25, -0.2) is 8.42 Å². The lowest BCUT2D eigenvalue weighted by Gasteiger charge is -2.33. The number of nitrogens with one attached hydrogen (secondary N) is 1. The summed E-state index contributed by atoms with van der Waals surface area (Å²) in [6, 6.07) is -0.680. The summed E-state index contributed by atoms with van der Waals surface area (Å²) >= 11 is 0. The van der Waals surface area contributed by atoms with Gasteiger partial charge in [0, 0.05) is 13.1 Å². The second-order valence-electron chi connectivity index (χ2n) is 4.20. The Kier molecular flexibility index (Phi) is 5.74. The molecule has 1 unspecified atom stereocenters. The number of rotatable bonds is 6. The van der Waals surface area contributed by atoms with Gasteiger partial charge < -0.3 is 10.1 Å². The Hall–Kier alpha value is -1.15. The lowest BCUT2D eigenvalue weighted by molar-refractivity contribution is -0.142. The van der Waals surface area contributed by atoms with E-state index in [0.29, 0.717) is 13.0 Å². The van der Waals surface area contributed by atoms with E-state index < -0.39 is 22.0 Å². The first-order chi connectivity index (χ1) is 8.92. The van der Waals surface area contributed by atoms with Crippen LogP contribution >= 0.6 is 0 Å². The molecule has 1 N–H and O–H groups in total. The minimum atomic E-state index is -3.62. The van der Waals surface area contributed by atoms with Gasteiger partial charge in [0.25, 0.3) is 0 Å². The standard InChI is InChI=1S/C11H20N2O5S/c1-3-9-11(15)12-6-7-13(9)19(16,17)8-5-10(14)18-4-2/h9H,3-8H2,1-2H3,(H,12,15). The largest absolute Gasteiger partial charge is 0.466 e. The van der Waals surface area contributed by atoms with Gasteiger partial charge in [-0.15, -0.1) is 0 Å². The predicted octanol–water partition coefficient (Wildman–Crippen LogP) is -0.520. The van der Waals surface area contributed by atoms with E-state index in [1.807, 2.05) is 0 Å². The van der Waals surface area contributed by atoms with Gasteiger partial charge in [0.05, 0.1) is 18.8 Å². The topological polar surface area (TPSA) is 92.8 Å². The van der Waals surface area contributed by atoms with Crippen LogP contribution in [0.4, 0.5) is 0 Å². The molecule has 0 bridgehead atoms. The number of ether oxygens (including phenoxy) is 1. The van der Waals surface area contributed by atoms with Crippen molar-refractivity contribution in [2.24, 2.45) is 0 Å². The summed E-state index contributed by atoms with van der Waals surface area (Å²) in [6.45, 7) is 4.18. The van der Waals surface area contributed by atoms with E-state index in [-0.39, 0.29) is 31.2 Å². The van der Waals surface area contributed by atoms with Crippen molar-refractivity contribution in [3.63, 3.8) is 0 Å². The van der Waals surface area contributed by atoms with Gasteiger partial charge in [-0.2, -0.15) is 4.31 Å². The van der Waals surface area contributed by atoms with Gasteiger partial charge in [-0.3, -0.25) is 9.59 Å². The molecule has 1 saturated heterocycles. The molecule has 1 atom stereocenters. The fourth-order valence-corrected chi connectivity index (χ4v) is 3.64. The van der Waals surface area contributed by atoms with Gasteiger partial charge in [-0.1, -0.05) is 6.92 Å². The average molecular weight is 292 g/mol. The third kappa shape index (κ3) is 4.17. The number of piperazine rings is 1. The highest BCUT2D eigenvalue weighted by atomic mass is 32.2. The van der Waals surface area contributed by atoms with E-state index in [1.54, 1.807) is 13.8 Å². The molecule has 0 saturated carbocycles. The van der Waals surface area contributed by atoms with E-state index in [4.69, 9.17) is 4.74 Å². The molecule has 1 rings (SSSR count). The van der Waals surface area contributed by atoms with Gasteiger partial charge in [0.1, 0.15) is 6.04 Å². The molecule has 0 radical (unpaired) electrons. The molecular weight excluding hydrogens is 272 g/mol. The fourth-order valence-electron chi connectivity index (χ4n) is 1.98. The molecule has 0 aromatic rings. The Balaban J connectivity index is 2.70. The van der Waals surface area contributed by atoms with E-state index in [1.165, 1.54) is 4.31 Å². The molecule has 0 aromatic heterocycles. The minimum Gasteiger partial charge on any atom is -0.466 e. The zero-order valence-electron chi connectivity index (χ0n) is 11.2. The third-order valence-corrected chi connectivity index (χ3v) is 4.77. The van der Waals surface area contributed by atoms with Gasteiger partial charge >= 0.3 is 5.97 Å². The highest BCUT2D eigenvalue weighted by Crippen LogP contribution is 2.15. The summed E-state index contributed by atoms with van der Waals surface area (Å²) < 4.78 is 30.2. The number of esters is 1. The van der Waals surface area contributed by atoms with E-state index in [0.717, 1.165) is 0 Å². The summed E-state index contributed by atoms with van der Waals surface area (Å²) in [4.78, 5) is 22.8. The van der Waals surface area contributed by atoms with Crippen molar-refractivity contribution in [1.82, 2.24) is 9.62 Å². The van der Waals surface area contributed by atoms with E-state index in [2.05, 4.69) is 5.32 Å². The summed E-state index contributed by atoms with van der Waals surface area (Å²) in [6.07, 6.45) is 0.217. The fraction of sp³-hybridized carbons (Fsp3) is 0.818. The first-order valence-corrected chi connectivity index (χ1v) is 7.96. The van der Waals surface area contributed by atoms with E-state index in [9.17, 15) is 18.0 Å². The van der Waals surface area contributed by atoms with Crippen molar-refractivity contribution < 1.29 is 22.7 Å². The van der Waals surface area contributed by atoms with Crippen LogP contribution in [0.3, 0.4) is 0 Å². The molecule has 0 aliphatic carbocycles. The van der Waals surface area contributed by atoms with Crippen molar-refractivity contribution in [1.29, 1.82) is 0 Å². The Morgan fingerprint density at radius 2 is 2.16 bits per heavy atom. The van der Waals surface area contributed by atoms with Crippen molar-refractivity contribution in [3.8, 4) is 0 Å². The monoisotopic (exact) mass is 292 g/mol. The van der Waals surface area contributed by atoms with Gasteiger partial charge in [0.2, 0.25) is 15.9 Å². The smallest absolute Gasteiger partial charge is 0.306 e.